The SMILES string of the molecule is COc1cccc(-c2cc(CNC(=O)c3cnn4cccc(C)c34)on2)c1. The standard InChI is InChI=1S/C20H18N4O3/c1-13-5-4-8-24-19(13)17(12-22-24)20(25)21-11-16-10-18(23-27-16)14-6-3-7-15(9-14)26-2/h3-10,12H,11H2,1-2H3,(H,21,25). The molecule has 0 aliphatic heterocycles. The molecule has 0 aliphatic carbocycles. The molecule has 3 heterocycles. The van der Waals surface area contributed by atoms with E-state index >= 15 is 0 Å². The fourth-order valence-corrected chi connectivity index (χ4v) is 2.96. The van der Waals surface area contributed by atoms with Gasteiger partial charge in [0.05, 0.1) is 30.9 Å². The van der Waals surface area contributed by atoms with Gasteiger partial charge in [-0.15, -0.1) is 0 Å². The molecule has 0 fully saturated rings. The van der Waals surface area contributed by atoms with Gasteiger partial charge in [0.15, 0.2) is 5.76 Å². The maximum Gasteiger partial charge on any atom is 0.255 e. The fourth-order valence-electron chi connectivity index (χ4n) is 2.96. The van der Waals surface area contributed by atoms with Crippen molar-refractivity contribution in [1.29, 1.82) is 0 Å². The monoisotopic (exact) mass is 362 g/mol. The van der Waals surface area contributed by atoms with Crippen LogP contribution in [-0.4, -0.2) is 27.8 Å². The third kappa shape index (κ3) is 3.27. The minimum atomic E-state index is -0.210. The van der Waals surface area contributed by atoms with Crippen molar-refractivity contribution in [2.24, 2.45) is 0 Å². The van der Waals surface area contributed by atoms with Gasteiger partial charge in [0, 0.05) is 17.8 Å². The van der Waals surface area contributed by atoms with Crippen LogP contribution in [0.15, 0.2) is 59.4 Å². The molecule has 0 spiro atoms. The number of rotatable bonds is 5. The van der Waals surface area contributed by atoms with Crippen LogP contribution in [0.5, 0.6) is 5.75 Å². The lowest BCUT2D eigenvalue weighted by Crippen LogP contribution is -2.22. The van der Waals surface area contributed by atoms with Gasteiger partial charge in [0.1, 0.15) is 11.4 Å². The molecule has 0 saturated heterocycles. The van der Waals surface area contributed by atoms with Gasteiger partial charge < -0.3 is 14.6 Å². The van der Waals surface area contributed by atoms with Crippen molar-refractivity contribution >= 4 is 11.4 Å². The van der Waals surface area contributed by atoms with Crippen LogP contribution in [0.4, 0.5) is 0 Å². The van der Waals surface area contributed by atoms with Gasteiger partial charge in [-0.3, -0.25) is 4.79 Å². The Bertz CT molecular complexity index is 1110. The number of hydrogen-bond acceptors (Lipinski definition) is 5. The van der Waals surface area contributed by atoms with Gasteiger partial charge in [-0.05, 0) is 30.7 Å². The number of carbonyl (C=O) groups is 1. The topological polar surface area (TPSA) is 81.7 Å². The Kier molecular flexibility index (Phi) is 4.33. The molecule has 1 amide bonds. The van der Waals surface area contributed by atoms with E-state index < -0.39 is 0 Å². The van der Waals surface area contributed by atoms with E-state index in [0.29, 0.717) is 17.0 Å². The van der Waals surface area contributed by atoms with Crippen molar-refractivity contribution in [3.63, 3.8) is 0 Å². The lowest BCUT2D eigenvalue weighted by atomic mass is 10.1. The second kappa shape index (κ2) is 6.95. The quantitative estimate of drug-likeness (QED) is 0.589. The average Bonchev–Trinajstić information content (AvgIpc) is 3.34. The molecule has 7 nitrogen and oxygen atoms in total. The maximum absolute atomic E-state index is 12.6. The molecular weight excluding hydrogens is 344 g/mol. The molecule has 0 unspecified atom stereocenters. The van der Waals surface area contributed by atoms with Gasteiger partial charge in [-0.1, -0.05) is 23.4 Å². The predicted octanol–water partition coefficient (Wildman–Crippen LogP) is 3.24. The van der Waals surface area contributed by atoms with Crippen LogP contribution < -0.4 is 10.1 Å². The summed E-state index contributed by atoms with van der Waals surface area (Å²) in [7, 11) is 1.62. The Labute approximate surface area is 155 Å². The molecule has 1 N–H and O–H groups in total. The van der Waals surface area contributed by atoms with Gasteiger partial charge >= 0.3 is 0 Å². The van der Waals surface area contributed by atoms with Crippen molar-refractivity contribution in [1.82, 2.24) is 20.1 Å². The van der Waals surface area contributed by atoms with Crippen molar-refractivity contribution in [2.45, 2.75) is 13.5 Å². The highest BCUT2D eigenvalue weighted by Crippen LogP contribution is 2.23. The third-order valence-electron chi connectivity index (χ3n) is 4.33. The Morgan fingerprint density at radius 3 is 3.00 bits per heavy atom. The zero-order valence-electron chi connectivity index (χ0n) is 15.0. The van der Waals surface area contributed by atoms with Crippen LogP contribution >= 0.6 is 0 Å². The minimum Gasteiger partial charge on any atom is -0.497 e. The van der Waals surface area contributed by atoms with Crippen molar-refractivity contribution in [3.8, 4) is 17.0 Å². The smallest absolute Gasteiger partial charge is 0.255 e. The summed E-state index contributed by atoms with van der Waals surface area (Å²) in [6.07, 6.45) is 3.38. The first-order chi connectivity index (χ1) is 13.2. The first kappa shape index (κ1) is 16.8. The molecule has 0 saturated carbocycles. The number of nitrogens with one attached hydrogen (secondary N) is 1. The number of fused-ring (bicyclic) bond motifs is 1. The number of methoxy groups -OCH3 is 1. The highest BCUT2D eigenvalue weighted by Gasteiger charge is 2.15. The second-order valence-corrected chi connectivity index (χ2v) is 6.14. The molecule has 0 bridgehead atoms. The van der Waals surface area contributed by atoms with E-state index in [9.17, 15) is 4.79 Å². The summed E-state index contributed by atoms with van der Waals surface area (Å²) in [5, 5.41) is 11.1. The van der Waals surface area contributed by atoms with Gasteiger partial charge in [0.2, 0.25) is 0 Å². The van der Waals surface area contributed by atoms with Gasteiger partial charge in [0.25, 0.3) is 5.91 Å². The van der Waals surface area contributed by atoms with Gasteiger partial charge in [-0.25, -0.2) is 4.52 Å². The summed E-state index contributed by atoms with van der Waals surface area (Å²) in [5.74, 6) is 1.10. The van der Waals surface area contributed by atoms with Crippen molar-refractivity contribution in [3.05, 3.63) is 71.7 Å². The molecule has 0 atom stereocenters. The Morgan fingerprint density at radius 2 is 2.15 bits per heavy atom. The van der Waals surface area contributed by atoms with Crippen LogP contribution in [0.25, 0.3) is 16.8 Å². The number of nitrogens with zero attached hydrogens (tertiary/aromatic N) is 3. The number of ether oxygens (including phenoxy) is 1. The van der Waals surface area contributed by atoms with Crippen LogP contribution in [-0.2, 0) is 6.54 Å². The Hall–Kier alpha value is -3.61. The lowest BCUT2D eigenvalue weighted by Gasteiger charge is -2.03. The highest BCUT2D eigenvalue weighted by atomic mass is 16.5. The normalized spacial score (nSPS) is 10.9. The van der Waals surface area contributed by atoms with E-state index in [1.807, 2.05) is 49.5 Å². The zero-order chi connectivity index (χ0) is 18.8. The minimum absolute atomic E-state index is 0.210. The molecule has 0 radical (unpaired) electrons. The van der Waals surface area contributed by atoms with Crippen LogP contribution in [0.3, 0.4) is 0 Å². The van der Waals surface area contributed by atoms with Crippen molar-refractivity contribution < 1.29 is 14.1 Å². The molecule has 3 aromatic heterocycles. The van der Waals surface area contributed by atoms with Crippen LogP contribution in [0, 0.1) is 6.92 Å². The van der Waals surface area contributed by atoms with E-state index in [2.05, 4.69) is 15.6 Å². The number of pyridine rings is 1. The number of aromatic nitrogens is 3. The first-order valence-corrected chi connectivity index (χ1v) is 8.47. The number of benzene rings is 1. The maximum atomic E-state index is 12.6. The molecule has 4 rings (SSSR count). The molecule has 4 aromatic rings. The molecule has 1 aromatic carbocycles. The molecule has 0 aliphatic rings. The van der Waals surface area contributed by atoms with Gasteiger partial charge in [-0.2, -0.15) is 5.10 Å². The number of carbonyl (C=O) groups excluding carboxylic acids is 1. The molecular formula is C20H18N4O3. The predicted molar refractivity (Wildman–Crippen MR) is 99.6 cm³/mol. The zero-order valence-corrected chi connectivity index (χ0v) is 15.0. The van der Waals surface area contributed by atoms with Crippen LogP contribution in [0.2, 0.25) is 0 Å². The van der Waals surface area contributed by atoms with Crippen molar-refractivity contribution in [2.75, 3.05) is 7.11 Å². The van der Waals surface area contributed by atoms with E-state index in [4.69, 9.17) is 9.26 Å². The summed E-state index contributed by atoms with van der Waals surface area (Å²) >= 11 is 0. The Morgan fingerprint density at radius 1 is 1.26 bits per heavy atom. The van der Waals surface area contributed by atoms with E-state index in [-0.39, 0.29) is 12.5 Å². The second-order valence-electron chi connectivity index (χ2n) is 6.14. The fraction of sp³-hybridized carbons (Fsp3) is 0.150. The summed E-state index contributed by atoms with van der Waals surface area (Å²) in [6.45, 7) is 2.18. The largest absolute Gasteiger partial charge is 0.497 e. The molecule has 27 heavy (non-hydrogen) atoms. The van der Waals surface area contributed by atoms with E-state index in [1.165, 1.54) is 0 Å². The lowest BCUT2D eigenvalue weighted by molar-refractivity contribution is 0.0948. The number of amides is 1. The first-order valence-electron chi connectivity index (χ1n) is 8.47. The summed E-state index contributed by atoms with van der Waals surface area (Å²) in [5.41, 5.74) is 3.88. The van der Waals surface area contributed by atoms with Crippen LogP contribution in [0.1, 0.15) is 21.7 Å². The average molecular weight is 362 g/mol. The van der Waals surface area contributed by atoms with E-state index in [1.54, 1.807) is 23.9 Å². The number of aryl methyl sites for hydroxylation is 1. The molecule has 7 heteroatoms. The third-order valence-corrected chi connectivity index (χ3v) is 4.33. The molecule has 136 valence electrons. The summed E-state index contributed by atoms with van der Waals surface area (Å²) < 4.78 is 12.3. The summed E-state index contributed by atoms with van der Waals surface area (Å²) in [6, 6.07) is 13.2. The Balaban J connectivity index is 1.49. The highest BCUT2D eigenvalue weighted by molar-refractivity contribution is 6.01. The number of hydrogen-bond donors (Lipinski definition) is 1. The summed E-state index contributed by atoms with van der Waals surface area (Å²) in [4.78, 5) is 12.6. The van der Waals surface area contributed by atoms with E-state index in [0.717, 1.165) is 22.4 Å².